The summed E-state index contributed by atoms with van der Waals surface area (Å²) in [6.45, 7) is 9.64. The maximum absolute atomic E-state index is 8.68. The van der Waals surface area contributed by atoms with Crippen molar-refractivity contribution in [2.24, 2.45) is 10.9 Å². The molecule has 1 fully saturated rings. The Labute approximate surface area is 111 Å². The van der Waals surface area contributed by atoms with Gasteiger partial charge in [0.05, 0.1) is 6.04 Å². The van der Waals surface area contributed by atoms with Crippen LogP contribution in [0.3, 0.4) is 0 Å². The molecular formula is C13H28N4O. The molecule has 3 N–H and O–H groups in total. The zero-order valence-corrected chi connectivity index (χ0v) is 11.8. The van der Waals surface area contributed by atoms with Crippen molar-refractivity contribution < 1.29 is 5.21 Å². The molecule has 0 aromatic carbocycles. The molecule has 0 aromatic rings. The molecule has 5 heteroatoms. The third-order valence-corrected chi connectivity index (χ3v) is 3.83. The van der Waals surface area contributed by atoms with E-state index in [-0.39, 0.29) is 6.04 Å². The van der Waals surface area contributed by atoms with E-state index in [4.69, 9.17) is 10.9 Å². The average molecular weight is 256 g/mol. The van der Waals surface area contributed by atoms with E-state index in [1.54, 1.807) is 0 Å². The molecule has 1 unspecified atom stereocenters. The van der Waals surface area contributed by atoms with Crippen molar-refractivity contribution >= 4 is 5.84 Å². The zero-order chi connectivity index (χ0) is 13.4. The van der Waals surface area contributed by atoms with Crippen LogP contribution in [0, 0.1) is 0 Å². The van der Waals surface area contributed by atoms with Crippen LogP contribution >= 0.6 is 0 Å². The van der Waals surface area contributed by atoms with Crippen molar-refractivity contribution in [1.29, 1.82) is 0 Å². The minimum atomic E-state index is 0.0391. The lowest BCUT2D eigenvalue weighted by molar-refractivity contribution is 0.119. The summed E-state index contributed by atoms with van der Waals surface area (Å²) in [5, 5.41) is 11.8. The number of oxime groups is 1. The monoisotopic (exact) mass is 256 g/mol. The molecule has 1 saturated heterocycles. The SMILES string of the molecule is CCCCCCN1CCN(C(C)C(N)=NO)CC1. The molecule has 0 amide bonds. The first-order chi connectivity index (χ1) is 8.69. The Bertz CT molecular complexity index is 249. The summed E-state index contributed by atoms with van der Waals surface area (Å²) in [6, 6.07) is 0.0391. The molecule has 0 aromatic heterocycles. The fraction of sp³-hybridized carbons (Fsp3) is 0.923. The van der Waals surface area contributed by atoms with Gasteiger partial charge in [-0.3, -0.25) is 4.90 Å². The van der Waals surface area contributed by atoms with Gasteiger partial charge in [0, 0.05) is 26.2 Å². The Morgan fingerprint density at radius 3 is 2.44 bits per heavy atom. The Hall–Kier alpha value is -0.810. The number of hydrogen-bond acceptors (Lipinski definition) is 4. The van der Waals surface area contributed by atoms with E-state index in [0.29, 0.717) is 5.84 Å². The largest absolute Gasteiger partial charge is 0.409 e. The topological polar surface area (TPSA) is 65.1 Å². The van der Waals surface area contributed by atoms with Crippen molar-refractivity contribution in [2.45, 2.75) is 45.6 Å². The summed E-state index contributed by atoms with van der Waals surface area (Å²) in [4.78, 5) is 4.79. The maximum Gasteiger partial charge on any atom is 0.156 e. The molecule has 0 saturated carbocycles. The summed E-state index contributed by atoms with van der Waals surface area (Å²) in [6.07, 6.45) is 5.30. The van der Waals surface area contributed by atoms with Gasteiger partial charge in [-0.2, -0.15) is 0 Å². The average Bonchev–Trinajstić information content (AvgIpc) is 2.42. The van der Waals surface area contributed by atoms with Crippen molar-refractivity contribution in [2.75, 3.05) is 32.7 Å². The third kappa shape index (κ3) is 4.82. The van der Waals surface area contributed by atoms with Gasteiger partial charge in [0.15, 0.2) is 5.84 Å². The minimum absolute atomic E-state index is 0.0391. The molecule has 106 valence electrons. The normalized spacial score (nSPS) is 21.1. The number of nitrogens with two attached hydrogens (primary N) is 1. The molecule has 1 heterocycles. The fourth-order valence-electron chi connectivity index (χ4n) is 2.41. The fourth-order valence-corrected chi connectivity index (χ4v) is 2.41. The molecule has 0 aliphatic carbocycles. The van der Waals surface area contributed by atoms with Gasteiger partial charge in [-0.15, -0.1) is 0 Å². The van der Waals surface area contributed by atoms with Crippen molar-refractivity contribution in [3.05, 3.63) is 0 Å². The summed E-state index contributed by atoms with van der Waals surface area (Å²) >= 11 is 0. The molecule has 5 nitrogen and oxygen atoms in total. The molecule has 18 heavy (non-hydrogen) atoms. The summed E-state index contributed by atoms with van der Waals surface area (Å²) in [7, 11) is 0. The van der Waals surface area contributed by atoms with Crippen molar-refractivity contribution in [1.82, 2.24) is 9.80 Å². The highest BCUT2D eigenvalue weighted by molar-refractivity contribution is 5.84. The van der Waals surface area contributed by atoms with E-state index in [1.165, 1.54) is 32.2 Å². The molecule has 1 aliphatic rings. The van der Waals surface area contributed by atoms with E-state index in [1.807, 2.05) is 6.92 Å². The molecule has 0 bridgehead atoms. The lowest BCUT2D eigenvalue weighted by Crippen LogP contribution is -2.53. The first kappa shape index (κ1) is 15.2. The van der Waals surface area contributed by atoms with Gasteiger partial charge in [0.1, 0.15) is 0 Å². The van der Waals surface area contributed by atoms with Crippen molar-refractivity contribution in [3.63, 3.8) is 0 Å². The highest BCUT2D eigenvalue weighted by Gasteiger charge is 2.22. The van der Waals surface area contributed by atoms with Crippen LogP contribution in [0.5, 0.6) is 0 Å². The molecular weight excluding hydrogens is 228 g/mol. The minimum Gasteiger partial charge on any atom is -0.409 e. The van der Waals surface area contributed by atoms with Gasteiger partial charge >= 0.3 is 0 Å². The molecule has 1 aliphatic heterocycles. The molecule has 1 rings (SSSR count). The highest BCUT2D eigenvalue weighted by atomic mass is 16.4. The second kappa shape index (κ2) is 8.32. The lowest BCUT2D eigenvalue weighted by atomic mass is 10.1. The van der Waals surface area contributed by atoms with Crippen LogP contribution in [0.15, 0.2) is 5.16 Å². The summed E-state index contributed by atoms with van der Waals surface area (Å²) < 4.78 is 0. The Morgan fingerprint density at radius 2 is 1.89 bits per heavy atom. The van der Waals surface area contributed by atoms with Gasteiger partial charge in [0.2, 0.25) is 0 Å². The third-order valence-electron chi connectivity index (χ3n) is 3.83. The quantitative estimate of drug-likeness (QED) is 0.237. The van der Waals surface area contributed by atoms with Gasteiger partial charge in [-0.05, 0) is 19.9 Å². The van der Waals surface area contributed by atoms with Crippen LogP contribution in [0.4, 0.5) is 0 Å². The summed E-state index contributed by atoms with van der Waals surface area (Å²) in [5.41, 5.74) is 5.64. The second-order valence-electron chi connectivity index (χ2n) is 5.14. The molecule has 0 spiro atoms. The summed E-state index contributed by atoms with van der Waals surface area (Å²) in [5.74, 6) is 0.311. The molecule has 0 radical (unpaired) electrons. The maximum atomic E-state index is 8.68. The van der Waals surface area contributed by atoms with Crippen LogP contribution in [0.1, 0.15) is 39.5 Å². The standard InChI is InChI=1S/C13H28N4O/c1-3-4-5-6-7-16-8-10-17(11-9-16)12(2)13(14)15-18/h12,18H,3-11H2,1-2H3,(H2,14,15). The zero-order valence-electron chi connectivity index (χ0n) is 11.8. The van der Waals surface area contributed by atoms with Crippen LogP contribution < -0.4 is 5.73 Å². The molecule has 1 atom stereocenters. The van der Waals surface area contributed by atoms with Crippen LogP contribution in [0.2, 0.25) is 0 Å². The van der Waals surface area contributed by atoms with Crippen LogP contribution in [-0.4, -0.2) is 59.6 Å². The van der Waals surface area contributed by atoms with Gasteiger partial charge in [-0.25, -0.2) is 0 Å². The number of unbranched alkanes of at least 4 members (excludes halogenated alkanes) is 3. The highest BCUT2D eigenvalue weighted by Crippen LogP contribution is 2.08. The predicted octanol–water partition coefficient (Wildman–Crippen LogP) is 1.32. The first-order valence-electron chi connectivity index (χ1n) is 7.12. The van der Waals surface area contributed by atoms with E-state index >= 15 is 0 Å². The number of rotatable bonds is 7. The van der Waals surface area contributed by atoms with Crippen LogP contribution in [0.25, 0.3) is 0 Å². The smallest absolute Gasteiger partial charge is 0.156 e. The number of hydrogen-bond donors (Lipinski definition) is 2. The van der Waals surface area contributed by atoms with E-state index < -0.39 is 0 Å². The Balaban J connectivity index is 2.20. The predicted molar refractivity (Wildman–Crippen MR) is 75.0 cm³/mol. The van der Waals surface area contributed by atoms with E-state index in [2.05, 4.69) is 21.9 Å². The van der Waals surface area contributed by atoms with Gasteiger partial charge in [-0.1, -0.05) is 31.3 Å². The number of piperazine rings is 1. The van der Waals surface area contributed by atoms with Crippen LogP contribution in [-0.2, 0) is 0 Å². The first-order valence-corrected chi connectivity index (χ1v) is 7.12. The van der Waals surface area contributed by atoms with Gasteiger partial charge < -0.3 is 15.8 Å². The van der Waals surface area contributed by atoms with Crippen molar-refractivity contribution in [3.8, 4) is 0 Å². The van der Waals surface area contributed by atoms with E-state index in [0.717, 1.165) is 26.2 Å². The van der Waals surface area contributed by atoms with Gasteiger partial charge in [0.25, 0.3) is 0 Å². The number of nitrogens with zero attached hydrogens (tertiary/aromatic N) is 3. The lowest BCUT2D eigenvalue weighted by Gasteiger charge is -2.37. The number of amidine groups is 1. The van der Waals surface area contributed by atoms with E-state index in [9.17, 15) is 0 Å². The second-order valence-corrected chi connectivity index (χ2v) is 5.14. The Kier molecular flexibility index (Phi) is 7.05. The Morgan fingerprint density at radius 1 is 1.22 bits per heavy atom.